The van der Waals surface area contributed by atoms with Gasteiger partial charge in [-0.1, -0.05) is 12.1 Å². The van der Waals surface area contributed by atoms with E-state index in [9.17, 15) is 18.0 Å². The molecule has 0 spiro atoms. The molecule has 4 rings (SSSR count). The highest BCUT2D eigenvalue weighted by molar-refractivity contribution is 7.92. The Balaban J connectivity index is 1.40. The second-order valence-corrected chi connectivity index (χ2v) is 10.2. The molecule has 3 aromatic carbocycles. The van der Waals surface area contributed by atoms with E-state index in [0.717, 1.165) is 30.6 Å². The molecule has 3 aromatic rings. The fourth-order valence-corrected chi connectivity index (χ4v) is 4.55. The van der Waals surface area contributed by atoms with Gasteiger partial charge in [-0.2, -0.15) is 0 Å². The summed E-state index contributed by atoms with van der Waals surface area (Å²) < 4.78 is 30.6. The predicted octanol–water partition coefficient (Wildman–Crippen LogP) is 3.71. The molecule has 1 fully saturated rings. The van der Waals surface area contributed by atoms with Crippen LogP contribution in [0.4, 0.5) is 22.7 Å². The average molecular weight is 509 g/mol. The Morgan fingerprint density at radius 2 is 1.44 bits per heavy atom. The molecule has 2 amide bonds. The van der Waals surface area contributed by atoms with Crippen molar-refractivity contribution in [1.82, 2.24) is 0 Å². The van der Waals surface area contributed by atoms with Crippen molar-refractivity contribution in [3.8, 4) is 0 Å². The quantitative estimate of drug-likeness (QED) is 0.448. The van der Waals surface area contributed by atoms with Crippen molar-refractivity contribution in [2.75, 3.05) is 52.8 Å². The number of carbonyl (C=O) groups excluding carboxylic acids is 2. The number of hydrogen-bond acceptors (Lipinski definition) is 6. The number of sulfonamides is 1. The zero-order chi connectivity index (χ0) is 25.7. The second-order valence-electron chi connectivity index (χ2n) is 8.49. The number of morpholine rings is 1. The first-order valence-corrected chi connectivity index (χ1v) is 13.3. The monoisotopic (exact) mass is 508 g/mol. The van der Waals surface area contributed by atoms with Crippen LogP contribution in [-0.4, -0.2) is 52.8 Å². The molecular formula is C26H28N4O5S. The van der Waals surface area contributed by atoms with Gasteiger partial charge in [0.25, 0.3) is 11.8 Å². The van der Waals surface area contributed by atoms with Gasteiger partial charge in [0.2, 0.25) is 10.0 Å². The van der Waals surface area contributed by atoms with E-state index in [4.69, 9.17) is 4.74 Å². The first-order valence-electron chi connectivity index (χ1n) is 11.4. The molecule has 188 valence electrons. The summed E-state index contributed by atoms with van der Waals surface area (Å²) in [6.45, 7) is 4.86. The van der Waals surface area contributed by atoms with Gasteiger partial charge in [0, 0.05) is 47.0 Å². The van der Waals surface area contributed by atoms with Crippen LogP contribution >= 0.6 is 0 Å². The van der Waals surface area contributed by atoms with Crippen LogP contribution in [0.25, 0.3) is 0 Å². The van der Waals surface area contributed by atoms with Crippen LogP contribution in [-0.2, 0) is 14.8 Å². The fourth-order valence-electron chi connectivity index (χ4n) is 3.99. The third-order valence-electron chi connectivity index (χ3n) is 5.73. The van der Waals surface area contributed by atoms with Crippen LogP contribution in [0.2, 0.25) is 0 Å². The van der Waals surface area contributed by atoms with Gasteiger partial charge in [-0.05, 0) is 67.1 Å². The number of ether oxygens (including phenoxy) is 1. The molecule has 0 saturated carbocycles. The molecule has 9 nitrogen and oxygen atoms in total. The van der Waals surface area contributed by atoms with E-state index in [2.05, 4.69) is 20.3 Å². The summed E-state index contributed by atoms with van der Waals surface area (Å²) in [7, 11) is -3.45. The molecule has 10 heteroatoms. The third kappa shape index (κ3) is 6.41. The van der Waals surface area contributed by atoms with Crippen LogP contribution in [0.5, 0.6) is 0 Å². The zero-order valence-electron chi connectivity index (χ0n) is 20.1. The number of hydrogen-bond donors (Lipinski definition) is 3. The Hall–Kier alpha value is -3.89. The minimum Gasteiger partial charge on any atom is -0.378 e. The van der Waals surface area contributed by atoms with Crippen molar-refractivity contribution in [3.05, 3.63) is 83.4 Å². The minimum absolute atomic E-state index is 0.213. The van der Waals surface area contributed by atoms with Crippen LogP contribution < -0.4 is 20.3 Å². The fraction of sp³-hybridized carbons (Fsp3) is 0.231. The van der Waals surface area contributed by atoms with Gasteiger partial charge in [0.1, 0.15) is 0 Å². The van der Waals surface area contributed by atoms with Crippen molar-refractivity contribution in [2.24, 2.45) is 0 Å². The summed E-state index contributed by atoms with van der Waals surface area (Å²) in [6, 6.07) is 18.7. The lowest BCUT2D eigenvalue weighted by Crippen LogP contribution is -2.36. The maximum absolute atomic E-state index is 13.0. The van der Waals surface area contributed by atoms with Crippen LogP contribution in [0.3, 0.4) is 0 Å². The van der Waals surface area contributed by atoms with Crippen molar-refractivity contribution in [2.45, 2.75) is 6.92 Å². The lowest BCUT2D eigenvalue weighted by atomic mass is 10.0. The van der Waals surface area contributed by atoms with Crippen LogP contribution in [0, 0.1) is 6.92 Å². The lowest BCUT2D eigenvalue weighted by Gasteiger charge is -2.30. The molecule has 0 aromatic heterocycles. The Morgan fingerprint density at radius 1 is 0.833 bits per heavy atom. The maximum Gasteiger partial charge on any atom is 0.256 e. The largest absolute Gasteiger partial charge is 0.378 e. The molecule has 0 radical (unpaired) electrons. The Bertz CT molecular complexity index is 1370. The minimum atomic E-state index is -3.45. The zero-order valence-corrected chi connectivity index (χ0v) is 20.9. The van der Waals surface area contributed by atoms with E-state index < -0.39 is 10.0 Å². The number of carbonyl (C=O) groups is 2. The van der Waals surface area contributed by atoms with E-state index in [0.29, 0.717) is 41.4 Å². The van der Waals surface area contributed by atoms with Crippen molar-refractivity contribution < 1.29 is 22.7 Å². The summed E-state index contributed by atoms with van der Waals surface area (Å²) in [6.07, 6.45) is 1.04. The number of nitrogens with zero attached hydrogens (tertiary/aromatic N) is 1. The predicted molar refractivity (Wildman–Crippen MR) is 141 cm³/mol. The summed E-state index contributed by atoms with van der Waals surface area (Å²) in [5.74, 6) is -0.603. The standard InChI is InChI=1S/C26H28N4O5S/c1-18-23(7-4-8-24(18)30-13-15-35-16-14-30)26(32)28-21-11-9-20(10-12-21)27-25(31)19-5-3-6-22(17-19)29-36(2,33)34/h3-12,17,29H,13-16H2,1-2H3,(H,27,31)(H,28,32). The van der Waals surface area contributed by atoms with Gasteiger partial charge < -0.3 is 20.3 Å². The topological polar surface area (TPSA) is 117 Å². The second kappa shape index (κ2) is 10.8. The molecule has 1 aliphatic heterocycles. The molecule has 1 aliphatic rings. The molecule has 0 atom stereocenters. The highest BCUT2D eigenvalue weighted by atomic mass is 32.2. The smallest absolute Gasteiger partial charge is 0.256 e. The summed E-state index contributed by atoms with van der Waals surface area (Å²) in [5, 5.41) is 5.68. The van der Waals surface area contributed by atoms with Crippen LogP contribution in [0.15, 0.2) is 66.7 Å². The number of amides is 2. The Kier molecular flexibility index (Phi) is 7.56. The Morgan fingerprint density at radius 3 is 2.08 bits per heavy atom. The number of rotatable bonds is 7. The molecule has 1 heterocycles. The molecule has 1 saturated heterocycles. The van der Waals surface area contributed by atoms with E-state index in [-0.39, 0.29) is 11.8 Å². The average Bonchev–Trinajstić information content (AvgIpc) is 2.85. The normalized spacial score (nSPS) is 13.7. The van der Waals surface area contributed by atoms with Crippen molar-refractivity contribution in [3.63, 3.8) is 0 Å². The molecule has 0 bridgehead atoms. The van der Waals surface area contributed by atoms with Crippen molar-refractivity contribution in [1.29, 1.82) is 0 Å². The maximum atomic E-state index is 13.0. The van der Waals surface area contributed by atoms with E-state index in [1.54, 1.807) is 48.5 Å². The van der Waals surface area contributed by atoms with Crippen LogP contribution in [0.1, 0.15) is 26.3 Å². The number of benzene rings is 3. The van der Waals surface area contributed by atoms with Gasteiger partial charge in [0.05, 0.1) is 19.5 Å². The summed E-state index contributed by atoms with van der Waals surface area (Å²) in [5.41, 5.74) is 4.26. The SMILES string of the molecule is Cc1c(C(=O)Nc2ccc(NC(=O)c3cccc(NS(C)(=O)=O)c3)cc2)cccc1N1CCOCC1. The van der Waals surface area contributed by atoms with Gasteiger partial charge in [-0.15, -0.1) is 0 Å². The Labute approximate surface area is 210 Å². The van der Waals surface area contributed by atoms with E-state index in [1.165, 1.54) is 6.07 Å². The number of nitrogens with one attached hydrogen (secondary N) is 3. The highest BCUT2D eigenvalue weighted by Gasteiger charge is 2.18. The van der Waals surface area contributed by atoms with E-state index in [1.807, 2.05) is 19.1 Å². The lowest BCUT2D eigenvalue weighted by molar-refractivity contribution is 0.101. The number of anilines is 4. The van der Waals surface area contributed by atoms with Gasteiger partial charge in [-0.25, -0.2) is 8.42 Å². The van der Waals surface area contributed by atoms with Gasteiger partial charge in [0.15, 0.2) is 0 Å². The van der Waals surface area contributed by atoms with Gasteiger partial charge in [-0.3, -0.25) is 14.3 Å². The van der Waals surface area contributed by atoms with Crippen molar-refractivity contribution >= 4 is 44.6 Å². The molecule has 0 aliphatic carbocycles. The highest BCUT2D eigenvalue weighted by Crippen LogP contribution is 2.25. The molecule has 0 unspecified atom stereocenters. The molecular weight excluding hydrogens is 480 g/mol. The molecule has 3 N–H and O–H groups in total. The van der Waals surface area contributed by atoms with E-state index >= 15 is 0 Å². The summed E-state index contributed by atoms with van der Waals surface area (Å²) >= 11 is 0. The third-order valence-corrected chi connectivity index (χ3v) is 6.34. The van der Waals surface area contributed by atoms with Gasteiger partial charge >= 0.3 is 0 Å². The molecule has 36 heavy (non-hydrogen) atoms. The first kappa shape index (κ1) is 25.2. The summed E-state index contributed by atoms with van der Waals surface area (Å²) in [4.78, 5) is 27.8. The first-order chi connectivity index (χ1) is 17.2.